The fourth-order valence-corrected chi connectivity index (χ4v) is 2.12. The van der Waals surface area contributed by atoms with Crippen molar-refractivity contribution in [2.75, 3.05) is 0 Å². The molecule has 1 aromatic heterocycles. The fourth-order valence-electron chi connectivity index (χ4n) is 2.12. The molecule has 7 nitrogen and oxygen atoms in total. The van der Waals surface area contributed by atoms with Gasteiger partial charge in [0, 0.05) is 11.1 Å². The van der Waals surface area contributed by atoms with E-state index in [2.05, 4.69) is 10.1 Å². The van der Waals surface area contributed by atoms with Gasteiger partial charge in [0.15, 0.2) is 5.82 Å². The molecule has 10 heteroatoms. The van der Waals surface area contributed by atoms with Crippen molar-refractivity contribution < 1.29 is 27.5 Å². The number of primary amides is 1. The maximum Gasteiger partial charge on any atom is 0.416 e. The number of carbonyl (C=O) groups excluding carboxylic acids is 2. The van der Waals surface area contributed by atoms with E-state index >= 15 is 0 Å². The third-order valence-corrected chi connectivity index (χ3v) is 3.25. The molecule has 0 atom stereocenters. The van der Waals surface area contributed by atoms with Gasteiger partial charge in [0.2, 0.25) is 5.91 Å². The first-order valence-electron chi connectivity index (χ1n) is 7.67. The minimum Gasteiger partial charge on any atom is -0.463 e. The summed E-state index contributed by atoms with van der Waals surface area (Å²) in [5.74, 6) is -1.43. The maximum absolute atomic E-state index is 13.0. The third kappa shape index (κ3) is 5.04. The van der Waals surface area contributed by atoms with Gasteiger partial charge < -0.3 is 10.5 Å². The molecule has 2 aromatic rings. The van der Waals surface area contributed by atoms with Crippen molar-refractivity contribution in [2.24, 2.45) is 5.73 Å². The van der Waals surface area contributed by atoms with E-state index in [4.69, 9.17) is 10.5 Å². The summed E-state index contributed by atoms with van der Waals surface area (Å²) in [5.41, 5.74) is 3.77. The molecule has 1 aromatic carbocycles. The molecule has 0 radical (unpaired) electrons. The Morgan fingerprint density at radius 1 is 1.27 bits per heavy atom. The highest BCUT2D eigenvalue weighted by Crippen LogP contribution is 2.32. The van der Waals surface area contributed by atoms with Crippen molar-refractivity contribution in [3.63, 3.8) is 0 Å². The van der Waals surface area contributed by atoms with Crippen molar-refractivity contribution in [3.05, 3.63) is 35.7 Å². The number of hydrogen-bond acceptors (Lipinski definition) is 5. The molecule has 140 valence electrons. The second kappa shape index (κ2) is 7.54. The summed E-state index contributed by atoms with van der Waals surface area (Å²) in [5, 5.41) is 4.03. The van der Waals surface area contributed by atoms with E-state index in [0.29, 0.717) is 6.07 Å². The van der Waals surface area contributed by atoms with Gasteiger partial charge in [-0.2, -0.15) is 18.3 Å². The topological polar surface area (TPSA) is 100 Å². The van der Waals surface area contributed by atoms with Crippen molar-refractivity contribution >= 4 is 11.9 Å². The Morgan fingerprint density at radius 3 is 2.54 bits per heavy atom. The fraction of sp³-hybridized carbons (Fsp3) is 0.375. The van der Waals surface area contributed by atoms with Gasteiger partial charge >= 0.3 is 12.1 Å². The molecule has 0 aliphatic carbocycles. The first-order chi connectivity index (χ1) is 12.1. The van der Waals surface area contributed by atoms with Gasteiger partial charge in [-0.05, 0) is 32.0 Å². The Morgan fingerprint density at radius 2 is 1.96 bits per heavy atom. The quantitative estimate of drug-likeness (QED) is 0.787. The molecule has 1 amide bonds. The number of esters is 1. The number of nitrogens with two attached hydrogens (primary N) is 1. The molecular formula is C16H17F3N4O3. The average molecular weight is 370 g/mol. The van der Waals surface area contributed by atoms with Gasteiger partial charge in [-0.1, -0.05) is 0 Å². The number of halogens is 3. The summed E-state index contributed by atoms with van der Waals surface area (Å²) in [4.78, 5) is 26.7. The SMILES string of the molecule is CC(C)OC(=O)CCn1cnc(-c2cc(C(N)=O)cc(C(F)(F)F)c2)n1. The van der Waals surface area contributed by atoms with Crippen molar-refractivity contribution in [2.45, 2.75) is 39.1 Å². The minimum absolute atomic E-state index is 0.00266. The van der Waals surface area contributed by atoms with Crippen LogP contribution in [0.25, 0.3) is 11.4 Å². The van der Waals surface area contributed by atoms with Crippen LogP contribution in [0.5, 0.6) is 0 Å². The molecule has 1 heterocycles. The van der Waals surface area contributed by atoms with E-state index in [-0.39, 0.29) is 36.0 Å². The Labute approximate surface area is 147 Å². The first-order valence-corrected chi connectivity index (χ1v) is 7.67. The number of nitrogens with zero attached hydrogens (tertiary/aromatic N) is 3. The lowest BCUT2D eigenvalue weighted by Crippen LogP contribution is -2.14. The van der Waals surface area contributed by atoms with Gasteiger partial charge in [0.1, 0.15) is 6.33 Å². The number of rotatable bonds is 6. The van der Waals surface area contributed by atoms with Gasteiger partial charge in [0.25, 0.3) is 0 Å². The summed E-state index contributed by atoms with van der Waals surface area (Å²) in [6.07, 6.45) is -3.58. The average Bonchev–Trinajstić information content (AvgIpc) is 3.00. The van der Waals surface area contributed by atoms with E-state index < -0.39 is 23.6 Å². The van der Waals surface area contributed by atoms with Crippen LogP contribution >= 0.6 is 0 Å². The largest absolute Gasteiger partial charge is 0.463 e. The van der Waals surface area contributed by atoms with Gasteiger partial charge in [-0.3, -0.25) is 14.3 Å². The number of benzene rings is 1. The molecule has 0 fully saturated rings. The number of aromatic nitrogens is 3. The highest BCUT2D eigenvalue weighted by atomic mass is 19.4. The van der Waals surface area contributed by atoms with Gasteiger partial charge in [-0.15, -0.1) is 0 Å². The minimum atomic E-state index is -4.65. The molecule has 0 aliphatic heterocycles. The van der Waals surface area contributed by atoms with Gasteiger partial charge in [-0.25, -0.2) is 4.98 Å². The summed E-state index contributed by atoms with van der Waals surface area (Å²) < 4.78 is 45.3. The van der Waals surface area contributed by atoms with Crippen molar-refractivity contribution in [1.29, 1.82) is 0 Å². The molecule has 0 unspecified atom stereocenters. The van der Waals surface area contributed by atoms with E-state index in [1.807, 2.05) is 0 Å². The molecule has 2 N–H and O–H groups in total. The van der Waals surface area contributed by atoms with Crippen LogP contribution in [0.3, 0.4) is 0 Å². The van der Waals surface area contributed by atoms with Crippen LogP contribution in [-0.4, -0.2) is 32.7 Å². The smallest absolute Gasteiger partial charge is 0.416 e. The Bertz CT molecular complexity index is 815. The second-order valence-electron chi connectivity index (χ2n) is 5.78. The Balaban J connectivity index is 2.24. The lowest BCUT2D eigenvalue weighted by atomic mass is 10.0. The highest BCUT2D eigenvalue weighted by molar-refractivity contribution is 5.94. The molecule has 0 spiro atoms. The lowest BCUT2D eigenvalue weighted by molar-refractivity contribution is -0.147. The summed E-state index contributed by atoms with van der Waals surface area (Å²) >= 11 is 0. The molecular weight excluding hydrogens is 353 g/mol. The van der Waals surface area contributed by atoms with Crippen LogP contribution in [0.15, 0.2) is 24.5 Å². The van der Waals surface area contributed by atoms with Crippen LogP contribution in [0, 0.1) is 0 Å². The maximum atomic E-state index is 13.0. The van der Waals surface area contributed by atoms with E-state index in [0.717, 1.165) is 6.07 Å². The second-order valence-corrected chi connectivity index (χ2v) is 5.78. The number of ether oxygens (including phenoxy) is 1. The van der Waals surface area contributed by atoms with Crippen LogP contribution in [-0.2, 0) is 22.3 Å². The van der Waals surface area contributed by atoms with Crippen LogP contribution in [0.1, 0.15) is 36.2 Å². The van der Waals surface area contributed by atoms with E-state index in [9.17, 15) is 22.8 Å². The third-order valence-electron chi connectivity index (χ3n) is 3.25. The highest BCUT2D eigenvalue weighted by Gasteiger charge is 2.32. The summed E-state index contributed by atoms with van der Waals surface area (Å²) in [7, 11) is 0. The van der Waals surface area contributed by atoms with E-state index in [1.54, 1.807) is 13.8 Å². The number of aryl methyl sites for hydroxylation is 1. The predicted octanol–water partition coefficient (Wildman–Crippen LogP) is 2.40. The van der Waals surface area contributed by atoms with Crippen LogP contribution in [0.2, 0.25) is 0 Å². The molecule has 0 bridgehead atoms. The Kier molecular flexibility index (Phi) is 5.63. The molecule has 2 rings (SSSR count). The zero-order chi connectivity index (χ0) is 19.5. The zero-order valence-electron chi connectivity index (χ0n) is 14.1. The number of amides is 1. The number of alkyl halides is 3. The van der Waals surface area contributed by atoms with Crippen LogP contribution in [0.4, 0.5) is 13.2 Å². The molecule has 0 saturated carbocycles. The summed E-state index contributed by atoms with van der Waals surface area (Å²) in [6.45, 7) is 3.59. The predicted molar refractivity (Wildman–Crippen MR) is 84.8 cm³/mol. The molecule has 0 saturated heterocycles. The van der Waals surface area contributed by atoms with Gasteiger partial charge in [0.05, 0.1) is 24.6 Å². The van der Waals surface area contributed by atoms with E-state index in [1.165, 1.54) is 17.1 Å². The molecule has 0 aliphatic rings. The lowest BCUT2D eigenvalue weighted by Gasteiger charge is -2.09. The Hall–Kier alpha value is -2.91. The van der Waals surface area contributed by atoms with Crippen LogP contribution < -0.4 is 5.73 Å². The normalized spacial score (nSPS) is 11.6. The van der Waals surface area contributed by atoms with Crippen molar-refractivity contribution in [1.82, 2.24) is 14.8 Å². The monoisotopic (exact) mass is 370 g/mol. The van der Waals surface area contributed by atoms with Crippen molar-refractivity contribution in [3.8, 4) is 11.4 Å². The zero-order valence-corrected chi connectivity index (χ0v) is 14.1. The molecule has 26 heavy (non-hydrogen) atoms. The first kappa shape index (κ1) is 19.4. The number of hydrogen-bond donors (Lipinski definition) is 1. The summed E-state index contributed by atoms with van der Waals surface area (Å²) in [6, 6.07) is 2.69. The number of carbonyl (C=O) groups is 2. The standard InChI is InChI=1S/C16H17F3N4O3/c1-9(2)26-13(24)3-4-23-8-21-15(22-23)11-5-10(14(20)25)6-12(7-11)16(17,18)19/h5-9H,3-4H2,1-2H3,(H2,20,25).